The largest absolute Gasteiger partial charge is 0.493 e. The van der Waals surface area contributed by atoms with Gasteiger partial charge in [-0.3, -0.25) is 4.90 Å². The molecule has 2 aliphatic rings. The predicted octanol–water partition coefficient (Wildman–Crippen LogP) is 4.44. The van der Waals surface area contributed by atoms with E-state index in [0.717, 1.165) is 38.1 Å². The Labute approximate surface area is 217 Å². The number of methoxy groups -OCH3 is 1. The molecule has 1 amide bonds. The first kappa shape index (κ1) is 25.8. The van der Waals surface area contributed by atoms with Crippen molar-refractivity contribution in [3.05, 3.63) is 47.3 Å². The average Bonchev–Trinajstić information content (AvgIpc) is 3.34. The van der Waals surface area contributed by atoms with Gasteiger partial charge in [-0.25, -0.2) is 14.8 Å². The van der Waals surface area contributed by atoms with Gasteiger partial charge < -0.3 is 25.4 Å². The number of benzene rings is 2. The number of ether oxygens (including phenoxy) is 2. The fourth-order valence-corrected chi connectivity index (χ4v) is 5.11. The van der Waals surface area contributed by atoms with Crippen LogP contribution in [-0.4, -0.2) is 65.2 Å². The van der Waals surface area contributed by atoms with Crippen molar-refractivity contribution in [3.63, 3.8) is 0 Å². The summed E-state index contributed by atoms with van der Waals surface area (Å²) in [5.41, 5.74) is 5.76. The minimum atomic E-state index is -4.51. The maximum atomic E-state index is 13.2. The van der Waals surface area contributed by atoms with E-state index in [9.17, 15) is 18.0 Å². The zero-order chi connectivity index (χ0) is 27.0. The smallest absolute Gasteiger partial charge is 0.416 e. The second-order valence-corrected chi connectivity index (χ2v) is 9.60. The van der Waals surface area contributed by atoms with E-state index < -0.39 is 17.8 Å². The third kappa shape index (κ3) is 5.40. The molecule has 0 saturated carbocycles. The topological polar surface area (TPSA) is 106 Å². The van der Waals surface area contributed by atoms with Crippen molar-refractivity contribution in [2.75, 3.05) is 44.3 Å². The van der Waals surface area contributed by atoms with E-state index in [2.05, 4.69) is 20.2 Å². The number of carbonyl (C=O) groups is 1. The Bertz CT molecular complexity index is 1370. The Kier molecular flexibility index (Phi) is 6.91. The van der Waals surface area contributed by atoms with E-state index in [-0.39, 0.29) is 18.0 Å². The van der Waals surface area contributed by atoms with Gasteiger partial charge in [0, 0.05) is 49.4 Å². The molecule has 1 unspecified atom stereocenters. The molecule has 202 valence electrons. The van der Waals surface area contributed by atoms with Crippen LogP contribution in [-0.2, 0) is 12.7 Å². The lowest BCUT2D eigenvalue weighted by Crippen LogP contribution is -2.52. The van der Waals surface area contributed by atoms with Crippen molar-refractivity contribution >= 4 is 28.5 Å². The number of fused-ring (bicyclic) bond motifs is 2. The standard InChI is InChI=1S/C26H29F3N6O3/c1-15-32-21-12-22(37-2)23(38-25(36)35-7-6-34-5-3-4-19(34)14-35)11-20(21)24(33-15)31-13-16-8-17(26(27,28)29)10-18(30)9-16/h8-12,19H,3-7,13-14,30H2,1-2H3,(H,31,32,33). The van der Waals surface area contributed by atoms with Crippen LogP contribution in [0.1, 0.15) is 29.8 Å². The molecule has 2 aliphatic heterocycles. The molecule has 2 aromatic carbocycles. The number of hydrogen-bond donors (Lipinski definition) is 2. The van der Waals surface area contributed by atoms with Crippen LogP contribution in [0.15, 0.2) is 30.3 Å². The molecule has 2 saturated heterocycles. The molecule has 12 heteroatoms. The summed E-state index contributed by atoms with van der Waals surface area (Å²) in [5, 5.41) is 3.61. The van der Waals surface area contributed by atoms with Crippen LogP contribution >= 0.6 is 0 Å². The summed E-state index contributed by atoms with van der Waals surface area (Å²) in [5.74, 6) is 1.37. The minimum Gasteiger partial charge on any atom is -0.493 e. The number of nitrogen functional groups attached to an aromatic ring is 1. The van der Waals surface area contributed by atoms with Crippen molar-refractivity contribution < 1.29 is 27.4 Å². The first-order valence-corrected chi connectivity index (χ1v) is 12.4. The van der Waals surface area contributed by atoms with E-state index in [0.29, 0.717) is 53.0 Å². The third-order valence-corrected chi connectivity index (χ3v) is 6.94. The van der Waals surface area contributed by atoms with Crippen LogP contribution in [0, 0.1) is 6.92 Å². The first-order chi connectivity index (χ1) is 18.1. The quantitative estimate of drug-likeness (QED) is 0.467. The van der Waals surface area contributed by atoms with Crippen LogP contribution in [0.3, 0.4) is 0 Å². The lowest BCUT2D eigenvalue weighted by Gasteiger charge is -2.36. The fourth-order valence-electron chi connectivity index (χ4n) is 5.11. The van der Waals surface area contributed by atoms with Gasteiger partial charge in [-0.15, -0.1) is 0 Å². The molecule has 1 atom stereocenters. The van der Waals surface area contributed by atoms with Gasteiger partial charge in [0.25, 0.3) is 0 Å². The number of piperazine rings is 1. The number of anilines is 2. The Morgan fingerprint density at radius 3 is 2.71 bits per heavy atom. The highest BCUT2D eigenvalue weighted by Gasteiger charge is 2.34. The number of hydrogen-bond acceptors (Lipinski definition) is 8. The lowest BCUT2D eigenvalue weighted by molar-refractivity contribution is -0.137. The molecule has 3 N–H and O–H groups in total. The Morgan fingerprint density at radius 2 is 1.95 bits per heavy atom. The van der Waals surface area contributed by atoms with E-state index in [1.165, 1.54) is 13.2 Å². The van der Waals surface area contributed by atoms with Crippen LogP contribution in [0.4, 0.5) is 29.5 Å². The second kappa shape index (κ2) is 10.2. The van der Waals surface area contributed by atoms with Gasteiger partial charge in [-0.2, -0.15) is 13.2 Å². The van der Waals surface area contributed by atoms with Gasteiger partial charge in [-0.1, -0.05) is 0 Å². The fraction of sp³-hybridized carbons (Fsp3) is 0.423. The number of nitrogens with zero attached hydrogens (tertiary/aromatic N) is 4. The molecule has 0 aliphatic carbocycles. The van der Waals surface area contributed by atoms with Crippen molar-refractivity contribution in [3.8, 4) is 11.5 Å². The van der Waals surface area contributed by atoms with Crippen molar-refractivity contribution in [2.45, 2.75) is 38.5 Å². The average molecular weight is 531 g/mol. The second-order valence-electron chi connectivity index (χ2n) is 9.60. The van der Waals surface area contributed by atoms with Crippen molar-refractivity contribution in [2.24, 2.45) is 0 Å². The van der Waals surface area contributed by atoms with Gasteiger partial charge >= 0.3 is 12.3 Å². The third-order valence-electron chi connectivity index (χ3n) is 6.94. The normalized spacial score (nSPS) is 17.9. The van der Waals surface area contributed by atoms with E-state index >= 15 is 0 Å². The van der Waals surface area contributed by atoms with Crippen LogP contribution in [0.25, 0.3) is 10.9 Å². The molecule has 2 fully saturated rings. The van der Waals surface area contributed by atoms with Gasteiger partial charge in [-0.05, 0) is 56.1 Å². The zero-order valence-corrected chi connectivity index (χ0v) is 21.1. The number of aryl methyl sites for hydroxylation is 1. The minimum absolute atomic E-state index is 0.0118. The van der Waals surface area contributed by atoms with Crippen LogP contribution in [0.5, 0.6) is 11.5 Å². The van der Waals surface area contributed by atoms with Gasteiger partial charge in [0.2, 0.25) is 0 Å². The van der Waals surface area contributed by atoms with Crippen LogP contribution < -0.4 is 20.5 Å². The predicted molar refractivity (Wildman–Crippen MR) is 136 cm³/mol. The van der Waals surface area contributed by atoms with Gasteiger partial charge in [0.05, 0.1) is 18.2 Å². The Morgan fingerprint density at radius 1 is 1.13 bits per heavy atom. The van der Waals surface area contributed by atoms with E-state index in [1.807, 2.05) is 0 Å². The maximum absolute atomic E-state index is 13.2. The molecule has 0 radical (unpaired) electrons. The monoisotopic (exact) mass is 530 g/mol. The summed E-state index contributed by atoms with van der Waals surface area (Å²) >= 11 is 0. The number of nitrogens with one attached hydrogen (secondary N) is 1. The highest BCUT2D eigenvalue weighted by molar-refractivity contribution is 5.92. The Hall–Kier alpha value is -3.80. The number of amides is 1. The number of nitrogens with two attached hydrogens (primary N) is 1. The van der Waals surface area contributed by atoms with Gasteiger partial charge in [0.1, 0.15) is 11.6 Å². The highest BCUT2D eigenvalue weighted by Crippen LogP contribution is 2.36. The van der Waals surface area contributed by atoms with E-state index in [4.69, 9.17) is 15.2 Å². The molecule has 5 rings (SSSR count). The maximum Gasteiger partial charge on any atom is 0.416 e. The Balaban J connectivity index is 1.40. The number of aromatic nitrogens is 2. The number of alkyl halides is 3. The molecule has 9 nitrogen and oxygen atoms in total. The van der Waals surface area contributed by atoms with Crippen LogP contribution in [0.2, 0.25) is 0 Å². The molecule has 1 aromatic heterocycles. The SMILES string of the molecule is COc1cc2nc(C)nc(NCc3cc(N)cc(C(F)(F)F)c3)c2cc1OC(=O)N1CCN2CCCC2C1. The molecular weight excluding hydrogens is 501 g/mol. The summed E-state index contributed by atoms with van der Waals surface area (Å²) in [7, 11) is 1.47. The van der Waals surface area contributed by atoms with E-state index in [1.54, 1.807) is 24.0 Å². The number of rotatable bonds is 5. The summed E-state index contributed by atoms with van der Waals surface area (Å²) in [6.45, 7) is 4.82. The number of carbonyl (C=O) groups excluding carboxylic acids is 1. The highest BCUT2D eigenvalue weighted by atomic mass is 19.4. The molecule has 3 aromatic rings. The zero-order valence-electron chi connectivity index (χ0n) is 21.1. The lowest BCUT2D eigenvalue weighted by atomic mass is 10.1. The summed E-state index contributed by atoms with van der Waals surface area (Å²) in [6.07, 6.45) is -2.78. The van der Waals surface area contributed by atoms with Crippen molar-refractivity contribution in [1.82, 2.24) is 19.8 Å². The first-order valence-electron chi connectivity index (χ1n) is 12.4. The molecule has 3 heterocycles. The van der Waals surface area contributed by atoms with Crippen molar-refractivity contribution in [1.29, 1.82) is 0 Å². The summed E-state index contributed by atoms with van der Waals surface area (Å²) < 4.78 is 50.9. The molecular formula is C26H29F3N6O3. The molecule has 0 spiro atoms. The molecule has 0 bridgehead atoms. The summed E-state index contributed by atoms with van der Waals surface area (Å²) in [6, 6.07) is 7.02. The molecule has 38 heavy (non-hydrogen) atoms. The van der Waals surface area contributed by atoms with Gasteiger partial charge in [0.15, 0.2) is 11.5 Å². The summed E-state index contributed by atoms with van der Waals surface area (Å²) in [4.78, 5) is 26.0. The number of halogens is 3.